The van der Waals surface area contributed by atoms with Crippen molar-refractivity contribution in [2.75, 3.05) is 18.9 Å². The summed E-state index contributed by atoms with van der Waals surface area (Å²) in [5, 5.41) is 9.35. The van der Waals surface area contributed by atoms with Crippen LogP contribution in [0.3, 0.4) is 0 Å². The molecular weight excluding hydrogens is 258 g/mol. The average Bonchev–Trinajstić information content (AvgIpc) is 2.64. The molecule has 1 saturated heterocycles. The van der Waals surface area contributed by atoms with E-state index in [2.05, 4.69) is 4.74 Å². The second-order valence-electron chi connectivity index (χ2n) is 4.55. The van der Waals surface area contributed by atoms with Crippen molar-refractivity contribution in [3.05, 3.63) is 0 Å². The molecule has 2 atom stereocenters. The Bertz CT molecular complexity index is 379. The quantitative estimate of drug-likeness (QED) is 0.698. The monoisotopic (exact) mass is 279 g/mol. The Balaban J connectivity index is 2.68. The van der Waals surface area contributed by atoms with Crippen LogP contribution in [0.25, 0.3) is 0 Å². The maximum absolute atomic E-state index is 12.1. The van der Waals surface area contributed by atoms with Gasteiger partial charge in [-0.15, -0.1) is 0 Å². The first-order valence-corrected chi connectivity index (χ1v) is 7.81. The molecule has 0 aromatic rings. The van der Waals surface area contributed by atoms with Gasteiger partial charge >= 0.3 is 5.97 Å². The molecule has 0 saturated carbocycles. The van der Waals surface area contributed by atoms with Crippen molar-refractivity contribution < 1.29 is 23.1 Å². The minimum absolute atomic E-state index is 0.172. The van der Waals surface area contributed by atoms with Gasteiger partial charge in [0.15, 0.2) is 5.75 Å². The zero-order valence-corrected chi connectivity index (χ0v) is 11.6. The molecule has 0 aromatic carbocycles. The third-order valence-corrected chi connectivity index (χ3v) is 4.69. The van der Waals surface area contributed by atoms with E-state index in [1.54, 1.807) is 13.8 Å². The number of aliphatic hydroxyl groups is 1. The van der Waals surface area contributed by atoms with Gasteiger partial charge in [0.05, 0.1) is 12.7 Å². The number of nitrogens with zero attached hydrogens (tertiary/aromatic N) is 1. The van der Waals surface area contributed by atoms with Gasteiger partial charge in [0.25, 0.3) is 0 Å². The van der Waals surface area contributed by atoms with E-state index >= 15 is 0 Å². The fraction of sp³-hybridized carbons (Fsp3) is 0.909. The fourth-order valence-electron chi connectivity index (χ4n) is 2.24. The van der Waals surface area contributed by atoms with Gasteiger partial charge in [-0.2, -0.15) is 4.31 Å². The molecule has 1 N–H and O–H groups in total. The lowest BCUT2D eigenvalue weighted by Gasteiger charge is -2.24. The molecule has 0 aromatic heterocycles. The second-order valence-corrected chi connectivity index (χ2v) is 6.47. The van der Waals surface area contributed by atoms with Gasteiger partial charge in [-0.05, 0) is 33.1 Å². The van der Waals surface area contributed by atoms with Crippen molar-refractivity contribution in [1.82, 2.24) is 4.31 Å². The smallest absolute Gasteiger partial charge is 0.322 e. The molecule has 1 fully saturated rings. The highest BCUT2D eigenvalue weighted by molar-refractivity contribution is 7.89. The summed E-state index contributed by atoms with van der Waals surface area (Å²) in [7, 11) is -3.63. The Hall–Kier alpha value is -0.660. The lowest BCUT2D eigenvalue weighted by atomic mass is 10.1. The molecular formula is C11H21NO5S. The Labute approximate surface area is 108 Å². The normalized spacial score (nSPS) is 22.9. The molecule has 0 aliphatic carbocycles. The number of aliphatic hydroxyl groups excluding tert-OH is 1. The van der Waals surface area contributed by atoms with Crippen LogP contribution in [0.1, 0.15) is 33.1 Å². The molecule has 106 valence electrons. The van der Waals surface area contributed by atoms with Gasteiger partial charge < -0.3 is 9.84 Å². The summed E-state index contributed by atoms with van der Waals surface area (Å²) in [6.45, 7) is 3.86. The van der Waals surface area contributed by atoms with Crippen molar-refractivity contribution >= 4 is 16.0 Å². The standard InChI is InChI=1S/C11H21NO5S/c1-3-17-11(14)8-18(15,16)12-6-4-5-10(12)7-9(2)13/h9-10,13H,3-8H2,1-2H3. The number of esters is 1. The van der Waals surface area contributed by atoms with E-state index < -0.39 is 27.8 Å². The van der Waals surface area contributed by atoms with Crippen LogP contribution < -0.4 is 0 Å². The summed E-state index contributed by atoms with van der Waals surface area (Å²) in [6, 6.07) is -0.204. The number of ether oxygens (including phenoxy) is 1. The number of rotatable bonds is 6. The van der Waals surface area contributed by atoms with E-state index in [0.717, 1.165) is 12.8 Å². The Morgan fingerprint density at radius 1 is 1.56 bits per heavy atom. The third kappa shape index (κ3) is 4.22. The summed E-state index contributed by atoms with van der Waals surface area (Å²) < 4.78 is 30.1. The predicted octanol–water partition coefficient (Wildman–Crippen LogP) is 0.115. The Morgan fingerprint density at radius 3 is 2.78 bits per heavy atom. The van der Waals surface area contributed by atoms with Gasteiger partial charge in [-0.3, -0.25) is 4.79 Å². The van der Waals surface area contributed by atoms with Gasteiger partial charge in [0, 0.05) is 12.6 Å². The zero-order chi connectivity index (χ0) is 13.8. The van der Waals surface area contributed by atoms with E-state index in [0.29, 0.717) is 13.0 Å². The van der Waals surface area contributed by atoms with Crippen LogP contribution >= 0.6 is 0 Å². The molecule has 0 radical (unpaired) electrons. The van der Waals surface area contributed by atoms with Crippen LogP contribution in [0.2, 0.25) is 0 Å². The molecule has 1 aliphatic heterocycles. The zero-order valence-electron chi connectivity index (χ0n) is 10.8. The maximum Gasteiger partial charge on any atom is 0.322 e. The first-order chi connectivity index (χ1) is 8.36. The van der Waals surface area contributed by atoms with E-state index in [1.165, 1.54) is 4.31 Å². The van der Waals surface area contributed by atoms with Crippen LogP contribution in [0.5, 0.6) is 0 Å². The van der Waals surface area contributed by atoms with Crippen LogP contribution in [0.15, 0.2) is 0 Å². The number of hydrogen-bond donors (Lipinski definition) is 1. The predicted molar refractivity (Wildman–Crippen MR) is 66.4 cm³/mol. The fourth-order valence-corrected chi connectivity index (χ4v) is 3.84. The number of carbonyl (C=O) groups excluding carboxylic acids is 1. The summed E-state index contributed by atoms with van der Waals surface area (Å²) in [4.78, 5) is 11.3. The van der Waals surface area contributed by atoms with Crippen LogP contribution in [0.4, 0.5) is 0 Å². The minimum Gasteiger partial charge on any atom is -0.465 e. The summed E-state index contributed by atoms with van der Waals surface area (Å²) >= 11 is 0. The SMILES string of the molecule is CCOC(=O)CS(=O)(=O)N1CCCC1CC(C)O. The number of hydrogen-bond acceptors (Lipinski definition) is 5. The van der Waals surface area contributed by atoms with E-state index in [9.17, 15) is 18.3 Å². The first kappa shape index (κ1) is 15.4. The molecule has 0 spiro atoms. The van der Waals surface area contributed by atoms with Crippen LogP contribution in [-0.2, 0) is 19.6 Å². The molecule has 6 nitrogen and oxygen atoms in total. The van der Waals surface area contributed by atoms with E-state index in [-0.39, 0.29) is 12.6 Å². The Kier molecular flexibility index (Phi) is 5.55. The first-order valence-electron chi connectivity index (χ1n) is 6.20. The molecule has 1 heterocycles. The van der Waals surface area contributed by atoms with Crippen LogP contribution in [0, 0.1) is 0 Å². The molecule has 7 heteroatoms. The van der Waals surface area contributed by atoms with Gasteiger partial charge in [0.1, 0.15) is 0 Å². The minimum atomic E-state index is -3.63. The van der Waals surface area contributed by atoms with Crippen LogP contribution in [-0.4, -0.2) is 54.8 Å². The Morgan fingerprint density at radius 2 is 2.22 bits per heavy atom. The molecule has 1 aliphatic rings. The summed E-state index contributed by atoms with van der Waals surface area (Å²) in [6.07, 6.45) is 1.35. The largest absolute Gasteiger partial charge is 0.465 e. The lowest BCUT2D eigenvalue weighted by Crippen LogP contribution is -2.40. The molecule has 18 heavy (non-hydrogen) atoms. The number of carbonyl (C=O) groups is 1. The average molecular weight is 279 g/mol. The second kappa shape index (κ2) is 6.49. The van der Waals surface area contributed by atoms with Gasteiger partial charge in [-0.1, -0.05) is 0 Å². The summed E-state index contributed by atoms with van der Waals surface area (Å²) in [5.41, 5.74) is 0. The highest BCUT2D eigenvalue weighted by Gasteiger charge is 2.36. The third-order valence-electron chi connectivity index (χ3n) is 2.90. The topological polar surface area (TPSA) is 83.9 Å². The highest BCUT2D eigenvalue weighted by atomic mass is 32.2. The molecule has 1 rings (SSSR count). The summed E-state index contributed by atoms with van der Waals surface area (Å²) in [5.74, 6) is -1.34. The van der Waals surface area contributed by atoms with Crippen molar-refractivity contribution in [2.45, 2.75) is 45.3 Å². The number of sulfonamides is 1. The van der Waals surface area contributed by atoms with Crippen molar-refractivity contribution in [1.29, 1.82) is 0 Å². The van der Waals surface area contributed by atoms with E-state index in [1.807, 2.05) is 0 Å². The van der Waals surface area contributed by atoms with Crippen molar-refractivity contribution in [3.8, 4) is 0 Å². The molecule has 0 bridgehead atoms. The van der Waals surface area contributed by atoms with E-state index in [4.69, 9.17) is 0 Å². The highest BCUT2D eigenvalue weighted by Crippen LogP contribution is 2.24. The van der Waals surface area contributed by atoms with Crippen molar-refractivity contribution in [3.63, 3.8) is 0 Å². The molecule has 2 unspecified atom stereocenters. The van der Waals surface area contributed by atoms with Gasteiger partial charge in [-0.25, -0.2) is 8.42 Å². The lowest BCUT2D eigenvalue weighted by molar-refractivity contribution is -0.140. The van der Waals surface area contributed by atoms with Gasteiger partial charge in [0.2, 0.25) is 10.0 Å². The van der Waals surface area contributed by atoms with Crippen molar-refractivity contribution in [2.24, 2.45) is 0 Å². The molecule has 0 amide bonds. The maximum atomic E-state index is 12.1.